The fourth-order valence-corrected chi connectivity index (χ4v) is 2.92. The summed E-state index contributed by atoms with van der Waals surface area (Å²) in [6, 6.07) is 12.7. The molecule has 0 aliphatic heterocycles. The molecule has 2 rings (SSSR count). The molecule has 0 aliphatic rings. The lowest BCUT2D eigenvalue weighted by atomic mass is 10.1. The minimum atomic E-state index is -0.769. The normalized spacial score (nSPS) is 11.8. The Morgan fingerprint density at radius 3 is 2.36 bits per heavy atom. The van der Waals surface area contributed by atoms with E-state index in [4.69, 9.17) is 4.74 Å². The molecule has 1 atom stereocenters. The Balaban J connectivity index is 2.15. The zero-order valence-corrected chi connectivity index (χ0v) is 18.3. The molecule has 1 unspecified atom stereocenters. The zero-order valence-electron chi connectivity index (χ0n) is 16.1. The van der Waals surface area contributed by atoms with E-state index in [-0.39, 0.29) is 25.1 Å². The van der Waals surface area contributed by atoms with Gasteiger partial charge in [-0.05, 0) is 73.7 Å². The number of halogens is 2. The Morgan fingerprint density at radius 1 is 1.11 bits per heavy atom. The third kappa shape index (κ3) is 6.47. The Morgan fingerprint density at radius 2 is 1.75 bits per heavy atom. The summed E-state index contributed by atoms with van der Waals surface area (Å²) in [5.41, 5.74) is 0.342. The number of ether oxygens (including phenoxy) is 1. The largest absolute Gasteiger partial charge is 0.484 e. The maximum Gasteiger partial charge on any atom is 0.261 e. The van der Waals surface area contributed by atoms with Crippen molar-refractivity contribution in [2.24, 2.45) is 0 Å². The van der Waals surface area contributed by atoms with E-state index in [1.54, 1.807) is 37.3 Å². The molecule has 1 N–H and O–H groups in total. The van der Waals surface area contributed by atoms with Crippen LogP contribution in [0, 0.1) is 9.39 Å². The van der Waals surface area contributed by atoms with Crippen LogP contribution < -0.4 is 10.1 Å². The summed E-state index contributed by atoms with van der Waals surface area (Å²) in [6.45, 7) is 5.05. The van der Waals surface area contributed by atoms with Gasteiger partial charge in [-0.15, -0.1) is 0 Å². The lowest BCUT2D eigenvalue weighted by Gasteiger charge is -2.29. The molecule has 0 bridgehead atoms. The molecule has 0 fully saturated rings. The molecule has 0 radical (unpaired) electrons. The van der Waals surface area contributed by atoms with Crippen LogP contribution in [0.1, 0.15) is 26.3 Å². The van der Waals surface area contributed by atoms with Crippen LogP contribution in [0.4, 0.5) is 4.39 Å². The number of rotatable bonds is 8. The second-order valence-electron chi connectivity index (χ2n) is 6.69. The highest BCUT2D eigenvalue weighted by Gasteiger charge is 2.27. The third-order valence-corrected chi connectivity index (χ3v) is 4.79. The van der Waals surface area contributed by atoms with Crippen molar-refractivity contribution in [2.75, 3.05) is 6.61 Å². The lowest BCUT2D eigenvalue weighted by molar-refractivity contribution is -0.142. The van der Waals surface area contributed by atoms with E-state index < -0.39 is 17.8 Å². The van der Waals surface area contributed by atoms with Gasteiger partial charge in [0, 0.05) is 21.7 Å². The second kappa shape index (κ2) is 10.4. The highest BCUT2D eigenvalue weighted by molar-refractivity contribution is 14.1. The van der Waals surface area contributed by atoms with Crippen LogP contribution in [0.2, 0.25) is 0 Å². The number of amides is 2. The zero-order chi connectivity index (χ0) is 20.7. The maximum atomic E-state index is 14.1. The summed E-state index contributed by atoms with van der Waals surface area (Å²) in [7, 11) is 0. The van der Waals surface area contributed by atoms with Gasteiger partial charge in [-0.1, -0.05) is 18.2 Å². The molecule has 7 heteroatoms. The van der Waals surface area contributed by atoms with Crippen LogP contribution in [0.3, 0.4) is 0 Å². The van der Waals surface area contributed by atoms with E-state index in [0.29, 0.717) is 11.3 Å². The van der Waals surface area contributed by atoms with E-state index in [1.807, 2.05) is 26.0 Å². The molecular weight excluding hydrogens is 474 g/mol. The molecule has 2 aromatic rings. The molecule has 2 amide bonds. The summed E-state index contributed by atoms with van der Waals surface area (Å²) in [4.78, 5) is 26.6. The first-order valence-electron chi connectivity index (χ1n) is 8.99. The minimum Gasteiger partial charge on any atom is -0.484 e. The number of carbonyl (C=O) groups is 2. The van der Waals surface area contributed by atoms with Gasteiger partial charge in [-0.25, -0.2) is 4.39 Å². The van der Waals surface area contributed by atoms with Gasteiger partial charge in [0.1, 0.15) is 17.6 Å². The topological polar surface area (TPSA) is 58.6 Å². The van der Waals surface area contributed by atoms with Gasteiger partial charge in [0.15, 0.2) is 6.61 Å². The molecule has 0 aliphatic carbocycles. The molecule has 0 heterocycles. The van der Waals surface area contributed by atoms with Gasteiger partial charge < -0.3 is 15.0 Å². The predicted molar refractivity (Wildman–Crippen MR) is 114 cm³/mol. The fourth-order valence-electron chi connectivity index (χ4n) is 2.56. The van der Waals surface area contributed by atoms with Crippen molar-refractivity contribution in [3.8, 4) is 5.75 Å². The predicted octanol–water partition coefficient (Wildman–Crippen LogP) is 3.75. The third-order valence-electron chi connectivity index (χ3n) is 4.07. The van der Waals surface area contributed by atoms with Crippen LogP contribution in [0.5, 0.6) is 5.75 Å². The molecule has 2 aromatic carbocycles. The summed E-state index contributed by atoms with van der Waals surface area (Å²) in [5.74, 6) is -0.559. The van der Waals surface area contributed by atoms with Crippen LogP contribution >= 0.6 is 22.6 Å². The quantitative estimate of drug-likeness (QED) is 0.565. The SMILES string of the molecule is CC(C)NC(=O)C(C)N(Cc1ccccc1F)C(=O)COc1ccc(I)cc1. The summed E-state index contributed by atoms with van der Waals surface area (Å²) in [5, 5.41) is 2.79. The van der Waals surface area contributed by atoms with Crippen LogP contribution in [0.15, 0.2) is 48.5 Å². The number of benzene rings is 2. The van der Waals surface area contributed by atoms with Crippen molar-refractivity contribution in [1.29, 1.82) is 0 Å². The Kier molecular flexibility index (Phi) is 8.22. The summed E-state index contributed by atoms with van der Waals surface area (Å²) in [6.07, 6.45) is 0. The first-order valence-corrected chi connectivity index (χ1v) is 10.1. The highest BCUT2D eigenvalue weighted by Crippen LogP contribution is 2.16. The Bertz CT molecular complexity index is 812. The Hall–Kier alpha value is -2.16. The van der Waals surface area contributed by atoms with Crippen molar-refractivity contribution in [1.82, 2.24) is 10.2 Å². The first-order chi connectivity index (χ1) is 13.3. The molecule has 0 aromatic heterocycles. The van der Waals surface area contributed by atoms with Crippen molar-refractivity contribution >= 4 is 34.4 Å². The maximum absolute atomic E-state index is 14.1. The number of nitrogens with zero attached hydrogens (tertiary/aromatic N) is 1. The van der Waals surface area contributed by atoms with Crippen LogP contribution in [-0.2, 0) is 16.1 Å². The van der Waals surface area contributed by atoms with Gasteiger partial charge in [0.2, 0.25) is 5.91 Å². The van der Waals surface area contributed by atoms with E-state index in [9.17, 15) is 14.0 Å². The number of nitrogens with one attached hydrogen (secondary N) is 1. The smallest absolute Gasteiger partial charge is 0.261 e. The van der Waals surface area contributed by atoms with E-state index in [0.717, 1.165) is 3.57 Å². The van der Waals surface area contributed by atoms with Crippen molar-refractivity contribution in [2.45, 2.75) is 39.4 Å². The molecular formula is C21H24FIN2O3. The fraction of sp³-hybridized carbons (Fsp3) is 0.333. The van der Waals surface area contributed by atoms with Crippen molar-refractivity contribution in [3.63, 3.8) is 0 Å². The highest BCUT2D eigenvalue weighted by atomic mass is 127. The molecule has 0 saturated heterocycles. The van der Waals surface area contributed by atoms with Crippen molar-refractivity contribution < 1.29 is 18.7 Å². The number of hydrogen-bond donors (Lipinski definition) is 1. The van der Waals surface area contributed by atoms with Crippen LogP contribution in [-0.4, -0.2) is 35.4 Å². The average molecular weight is 498 g/mol. The summed E-state index contributed by atoms with van der Waals surface area (Å²) >= 11 is 2.18. The minimum absolute atomic E-state index is 0.0196. The van der Waals surface area contributed by atoms with Gasteiger partial charge in [-0.2, -0.15) is 0 Å². The van der Waals surface area contributed by atoms with Gasteiger partial charge in [-0.3, -0.25) is 9.59 Å². The molecule has 0 spiro atoms. The standard InChI is InChI=1S/C21H24FIN2O3/c1-14(2)24-21(27)15(3)25(12-16-6-4-5-7-19(16)22)20(26)13-28-18-10-8-17(23)9-11-18/h4-11,14-15H,12-13H2,1-3H3,(H,24,27). The Labute approximate surface area is 178 Å². The second-order valence-corrected chi connectivity index (χ2v) is 7.94. The number of hydrogen-bond acceptors (Lipinski definition) is 3. The summed E-state index contributed by atoms with van der Waals surface area (Å²) < 4.78 is 20.7. The van der Waals surface area contributed by atoms with E-state index in [1.165, 1.54) is 11.0 Å². The number of carbonyl (C=O) groups excluding carboxylic acids is 2. The van der Waals surface area contributed by atoms with Crippen molar-refractivity contribution in [3.05, 3.63) is 63.5 Å². The molecule has 5 nitrogen and oxygen atoms in total. The molecule has 150 valence electrons. The van der Waals surface area contributed by atoms with Gasteiger partial charge in [0.05, 0.1) is 0 Å². The van der Waals surface area contributed by atoms with E-state index in [2.05, 4.69) is 27.9 Å². The first kappa shape index (κ1) is 22.1. The van der Waals surface area contributed by atoms with Gasteiger partial charge >= 0.3 is 0 Å². The van der Waals surface area contributed by atoms with E-state index >= 15 is 0 Å². The lowest BCUT2D eigenvalue weighted by Crippen LogP contribution is -2.50. The molecule has 28 heavy (non-hydrogen) atoms. The van der Waals surface area contributed by atoms with Crippen LogP contribution in [0.25, 0.3) is 0 Å². The average Bonchev–Trinajstić information content (AvgIpc) is 2.65. The monoisotopic (exact) mass is 498 g/mol. The van der Waals surface area contributed by atoms with Gasteiger partial charge in [0.25, 0.3) is 5.91 Å². The molecule has 0 saturated carbocycles.